The second-order valence-electron chi connectivity index (χ2n) is 7.42. The molecule has 0 saturated carbocycles. The molecule has 0 spiro atoms. The van der Waals surface area contributed by atoms with Crippen molar-refractivity contribution < 1.29 is 9.53 Å². The summed E-state index contributed by atoms with van der Waals surface area (Å²) in [4.78, 5) is 12.2. The standard InChI is InChI=1S/C20H24Cl2N4O2S/c1-11-6-8-16(15(10-11)26(2)28)29-17-9-7-14(24-25-17)19(20(23)27)18-12(21)4-3-5-13(18)22/h3-9,11-12,15-19,25H,2,10H2,1H3,(H2,23,27). The van der Waals surface area contributed by atoms with E-state index in [0.717, 1.165) is 11.2 Å². The van der Waals surface area contributed by atoms with Gasteiger partial charge in [0.15, 0.2) is 6.04 Å². The van der Waals surface area contributed by atoms with E-state index in [-0.39, 0.29) is 16.7 Å². The van der Waals surface area contributed by atoms with Crippen LogP contribution in [0.15, 0.2) is 52.7 Å². The first-order valence-corrected chi connectivity index (χ1v) is 11.1. The summed E-state index contributed by atoms with van der Waals surface area (Å²) in [5.41, 5.74) is 9.19. The topological polar surface area (TPSA) is 93.5 Å². The fourth-order valence-electron chi connectivity index (χ4n) is 3.75. The Bertz CT molecular complexity index is 823. The minimum atomic E-state index is -0.749. The predicted molar refractivity (Wildman–Crippen MR) is 121 cm³/mol. The molecule has 0 aromatic heterocycles. The minimum Gasteiger partial charge on any atom is -0.624 e. The molecule has 0 fully saturated rings. The first-order valence-electron chi connectivity index (χ1n) is 9.37. The van der Waals surface area contributed by atoms with Crippen LogP contribution in [0.3, 0.4) is 0 Å². The number of hydrogen-bond donors (Lipinski definition) is 2. The van der Waals surface area contributed by atoms with Gasteiger partial charge in [-0.1, -0.05) is 42.8 Å². The Morgan fingerprint density at radius 1 is 1.45 bits per heavy atom. The van der Waals surface area contributed by atoms with Crippen molar-refractivity contribution in [2.45, 2.75) is 35.4 Å². The molecule has 0 radical (unpaired) electrons. The van der Waals surface area contributed by atoms with Gasteiger partial charge in [0.2, 0.25) is 5.91 Å². The molecule has 0 aromatic rings. The molecule has 1 aliphatic heterocycles. The molecule has 9 heteroatoms. The molecular weight excluding hydrogens is 431 g/mol. The summed E-state index contributed by atoms with van der Waals surface area (Å²) in [5, 5.41) is 16.1. The lowest BCUT2D eigenvalue weighted by molar-refractivity contribution is -0.493. The zero-order valence-corrected chi connectivity index (χ0v) is 18.3. The molecule has 0 saturated heterocycles. The van der Waals surface area contributed by atoms with Crippen LogP contribution >= 0.6 is 35.0 Å². The Hall–Kier alpha value is -1.70. The molecule has 6 nitrogen and oxygen atoms in total. The third-order valence-corrected chi connectivity index (χ3v) is 7.39. The second kappa shape index (κ2) is 9.41. The van der Waals surface area contributed by atoms with Gasteiger partial charge < -0.3 is 10.9 Å². The number of hydrogen-bond acceptors (Lipinski definition) is 5. The van der Waals surface area contributed by atoms with E-state index in [1.807, 2.05) is 6.08 Å². The third kappa shape index (κ3) is 5.08. The van der Waals surface area contributed by atoms with Crippen LogP contribution in [0.4, 0.5) is 0 Å². The highest BCUT2D eigenvalue weighted by atomic mass is 35.5. The Morgan fingerprint density at radius 2 is 2.21 bits per heavy atom. The number of carbonyl (C=O) groups excluding carboxylic acids is 1. The van der Waals surface area contributed by atoms with E-state index in [1.165, 1.54) is 0 Å². The predicted octanol–water partition coefficient (Wildman–Crippen LogP) is 3.12. The zero-order valence-electron chi connectivity index (χ0n) is 15.9. The van der Waals surface area contributed by atoms with Crippen LogP contribution in [0.25, 0.3) is 0 Å². The Balaban J connectivity index is 1.71. The monoisotopic (exact) mass is 454 g/mol. The highest BCUT2D eigenvalue weighted by Crippen LogP contribution is 2.36. The van der Waals surface area contributed by atoms with Gasteiger partial charge in [0.05, 0.1) is 22.3 Å². The number of rotatable bonds is 6. The summed E-state index contributed by atoms with van der Waals surface area (Å²) >= 11 is 14.3. The highest BCUT2D eigenvalue weighted by Gasteiger charge is 2.39. The Kier molecular flexibility index (Phi) is 7.14. The number of carbonyl (C=O) groups is 1. The van der Waals surface area contributed by atoms with E-state index in [1.54, 1.807) is 36.1 Å². The normalized spacial score (nSPS) is 34.7. The van der Waals surface area contributed by atoms with Gasteiger partial charge in [-0.2, -0.15) is 5.10 Å². The second-order valence-corrected chi connectivity index (χ2v) is 9.68. The van der Waals surface area contributed by atoms with Crippen LogP contribution < -0.4 is 11.2 Å². The van der Waals surface area contributed by atoms with Crippen molar-refractivity contribution in [2.24, 2.45) is 28.6 Å². The van der Waals surface area contributed by atoms with Crippen molar-refractivity contribution in [3.63, 3.8) is 0 Å². The Labute approximate surface area is 184 Å². The van der Waals surface area contributed by atoms with E-state index in [9.17, 15) is 10.0 Å². The van der Waals surface area contributed by atoms with Crippen molar-refractivity contribution >= 4 is 53.3 Å². The van der Waals surface area contributed by atoms with Gasteiger partial charge in [0, 0.05) is 17.4 Å². The van der Waals surface area contributed by atoms with Crippen LogP contribution in [0.2, 0.25) is 0 Å². The fourth-order valence-corrected chi connectivity index (χ4v) is 5.74. The van der Waals surface area contributed by atoms with Crippen LogP contribution in [0.1, 0.15) is 13.3 Å². The molecule has 0 aromatic carbocycles. The number of thioether (sulfide) groups is 1. The molecule has 156 valence electrons. The maximum absolute atomic E-state index is 12.2. The van der Waals surface area contributed by atoms with Crippen molar-refractivity contribution in [3.05, 3.63) is 52.8 Å². The summed E-state index contributed by atoms with van der Waals surface area (Å²) in [7, 11) is 0. The first kappa shape index (κ1) is 22.0. The summed E-state index contributed by atoms with van der Waals surface area (Å²) in [6.07, 6.45) is 13.9. The van der Waals surface area contributed by atoms with Crippen molar-refractivity contribution in [1.29, 1.82) is 0 Å². The molecule has 29 heavy (non-hydrogen) atoms. The van der Waals surface area contributed by atoms with Gasteiger partial charge >= 0.3 is 0 Å². The molecule has 7 unspecified atom stereocenters. The van der Waals surface area contributed by atoms with Crippen LogP contribution in [0.5, 0.6) is 0 Å². The summed E-state index contributed by atoms with van der Waals surface area (Å²) < 4.78 is 0.785. The van der Waals surface area contributed by atoms with Gasteiger partial charge in [-0.25, -0.2) is 4.74 Å². The zero-order chi connectivity index (χ0) is 21.1. The SMILES string of the molecule is C=[N+]([O-])C1CC(C)C=CC1SC1C=CC(C(C(N)=O)C2C(Cl)=CC=CC2Cl)=NN1. The fraction of sp³-hybridized carbons (Fsp3) is 0.450. The quantitative estimate of drug-likeness (QED) is 0.161. The molecule has 2 aliphatic carbocycles. The van der Waals surface area contributed by atoms with Crippen LogP contribution in [-0.4, -0.2) is 45.1 Å². The number of halogens is 2. The number of allylic oxidation sites excluding steroid dienone is 6. The molecule has 1 heterocycles. The molecule has 1 amide bonds. The van der Waals surface area contributed by atoms with Gasteiger partial charge in [0.1, 0.15) is 12.1 Å². The van der Waals surface area contributed by atoms with E-state index in [4.69, 9.17) is 28.9 Å². The number of alkyl halides is 1. The van der Waals surface area contributed by atoms with Crippen molar-refractivity contribution in [2.75, 3.05) is 0 Å². The van der Waals surface area contributed by atoms with Gasteiger partial charge in [-0.05, 0) is 24.1 Å². The number of nitrogens with one attached hydrogen (secondary N) is 1. The first-order chi connectivity index (χ1) is 13.8. The largest absolute Gasteiger partial charge is 0.624 e. The Morgan fingerprint density at radius 3 is 2.79 bits per heavy atom. The van der Waals surface area contributed by atoms with Crippen molar-refractivity contribution in [3.8, 4) is 0 Å². The van der Waals surface area contributed by atoms with Crippen LogP contribution in [-0.2, 0) is 4.79 Å². The van der Waals surface area contributed by atoms with E-state index in [0.29, 0.717) is 16.7 Å². The molecule has 3 aliphatic rings. The summed E-state index contributed by atoms with van der Waals surface area (Å²) in [6, 6.07) is -0.200. The number of primary amides is 1. The highest BCUT2D eigenvalue weighted by molar-refractivity contribution is 8.00. The van der Waals surface area contributed by atoms with Gasteiger partial charge in [0.25, 0.3) is 0 Å². The minimum absolute atomic E-state index is 0.0138. The number of nitrogens with two attached hydrogens (primary N) is 1. The average Bonchev–Trinajstić information content (AvgIpc) is 2.66. The average molecular weight is 455 g/mol. The summed E-state index contributed by atoms with van der Waals surface area (Å²) in [5.74, 6) is -1.41. The molecule has 3 rings (SSSR count). The lowest BCUT2D eigenvalue weighted by atomic mass is 9.82. The third-order valence-electron chi connectivity index (χ3n) is 5.25. The van der Waals surface area contributed by atoms with Gasteiger partial charge in [-0.3, -0.25) is 10.2 Å². The van der Waals surface area contributed by atoms with Crippen LogP contribution in [0, 0.1) is 23.0 Å². The molecule has 0 bridgehead atoms. The molecule has 7 atom stereocenters. The number of hydroxylamine groups is 1. The van der Waals surface area contributed by atoms with E-state index < -0.39 is 23.1 Å². The maximum Gasteiger partial charge on any atom is 0.227 e. The number of nitrogens with zero attached hydrogens (tertiary/aromatic N) is 2. The lowest BCUT2D eigenvalue weighted by Crippen LogP contribution is -2.42. The van der Waals surface area contributed by atoms with E-state index >= 15 is 0 Å². The maximum atomic E-state index is 12.2. The smallest absolute Gasteiger partial charge is 0.227 e. The number of hydrazone groups is 1. The molecule has 3 N–H and O–H groups in total. The lowest BCUT2D eigenvalue weighted by Gasteiger charge is -2.32. The van der Waals surface area contributed by atoms with Gasteiger partial charge in [-0.15, -0.1) is 23.4 Å². The van der Waals surface area contributed by atoms with E-state index in [2.05, 4.69) is 36.3 Å². The summed E-state index contributed by atoms with van der Waals surface area (Å²) in [6.45, 7) is 5.62. The van der Waals surface area contributed by atoms with Crippen molar-refractivity contribution in [1.82, 2.24) is 5.43 Å². The molecular formula is C20H24Cl2N4O2S. The number of amides is 1.